The SMILES string of the molecule is CCc1cccnc1-c1nc(CC(C)C)c(CN)s1. The predicted molar refractivity (Wildman–Crippen MR) is 81.2 cm³/mol. The molecule has 4 heteroatoms. The largest absolute Gasteiger partial charge is 0.326 e. The van der Waals surface area contributed by atoms with E-state index in [1.807, 2.05) is 12.3 Å². The van der Waals surface area contributed by atoms with Crippen molar-refractivity contribution in [2.45, 2.75) is 40.2 Å². The normalized spacial score (nSPS) is 11.2. The molecular formula is C15H21N3S. The van der Waals surface area contributed by atoms with Crippen molar-refractivity contribution in [3.63, 3.8) is 0 Å². The van der Waals surface area contributed by atoms with E-state index in [9.17, 15) is 0 Å². The van der Waals surface area contributed by atoms with E-state index in [0.29, 0.717) is 12.5 Å². The Labute approximate surface area is 118 Å². The fourth-order valence-corrected chi connectivity index (χ4v) is 3.11. The van der Waals surface area contributed by atoms with Crippen molar-refractivity contribution in [3.05, 3.63) is 34.5 Å². The maximum atomic E-state index is 5.84. The van der Waals surface area contributed by atoms with Crippen LogP contribution >= 0.6 is 11.3 Å². The Bertz CT molecular complexity index is 546. The molecule has 0 aliphatic rings. The Morgan fingerprint density at radius 3 is 2.79 bits per heavy atom. The molecule has 0 radical (unpaired) electrons. The van der Waals surface area contributed by atoms with E-state index in [2.05, 4.69) is 31.8 Å². The van der Waals surface area contributed by atoms with E-state index in [4.69, 9.17) is 10.7 Å². The van der Waals surface area contributed by atoms with Gasteiger partial charge in [0.05, 0.1) is 5.69 Å². The van der Waals surface area contributed by atoms with Gasteiger partial charge in [0.1, 0.15) is 10.7 Å². The Balaban J connectivity index is 2.42. The van der Waals surface area contributed by atoms with E-state index >= 15 is 0 Å². The lowest BCUT2D eigenvalue weighted by Gasteiger charge is -2.03. The van der Waals surface area contributed by atoms with Gasteiger partial charge >= 0.3 is 0 Å². The van der Waals surface area contributed by atoms with Crippen LogP contribution in [0.25, 0.3) is 10.7 Å². The minimum atomic E-state index is 0.564. The summed E-state index contributed by atoms with van der Waals surface area (Å²) in [6, 6.07) is 4.10. The second-order valence-corrected chi connectivity index (χ2v) is 6.14. The highest BCUT2D eigenvalue weighted by Crippen LogP contribution is 2.30. The number of hydrogen-bond donors (Lipinski definition) is 1. The maximum absolute atomic E-state index is 5.84. The van der Waals surface area contributed by atoms with Gasteiger partial charge in [0.25, 0.3) is 0 Å². The van der Waals surface area contributed by atoms with Crippen LogP contribution in [0, 0.1) is 5.92 Å². The number of hydrogen-bond acceptors (Lipinski definition) is 4. The van der Waals surface area contributed by atoms with E-state index in [1.165, 1.54) is 10.4 Å². The molecule has 3 nitrogen and oxygen atoms in total. The Morgan fingerprint density at radius 2 is 2.16 bits per heavy atom. The van der Waals surface area contributed by atoms with Gasteiger partial charge in [-0.3, -0.25) is 4.98 Å². The van der Waals surface area contributed by atoms with Crippen LogP contribution in [-0.4, -0.2) is 9.97 Å². The van der Waals surface area contributed by atoms with Gasteiger partial charge in [0, 0.05) is 17.6 Å². The van der Waals surface area contributed by atoms with Crippen LogP contribution < -0.4 is 5.73 Å². The molecule has 0 aliphatic carbocycles. The smallest absolute Gasteiger partial charge is 0.142 e. The third-order valence-electron chi connectivity index (χ3n) is 3.04. The molecule has 0 saturated carbocycles. The van der Waals surface area contributed by atoms with Gasteiger partial charge in [0.15, 0.2) is 0 Å². The Morgan fingerprint density at radius 1 is 1.37 bits per heavy atom. The molecule has 2 aromatic rings. The van der Waals surface area contributed by atoms with E-state index in [-0.39, 0.29) is 0 Å². The van der Waals surface area contributed by atoms with Gasteiger partial charge in [0.2, 0.25) is 0 Å². The lowest BCUT2D eigenvalue weighted by Crippen LogP contribution is -2.02. The summed E-state index contributed by atoms with van der Waals surface area (Å²) in [4.78, 5) is 10.5. The zero-order valence-electron chi connectivity index (χ0n) is 11.8. The van der Waals surface area contributed by atoms with Crippen molar-refractivity contribution < 1.29 is 0 Å². The van der Waals surface area contributed by atoms with Crippen molar-refractivity contribution in [1.82, 2.24) is 9.97 Å². The summed E-state index contributed by atoms with van der Waals surface area (Å²) in [5.74, 6) is 0.592. The first-order valence-electron chi connectivity index (χ1n) is 6.78. The highest BCUT2D eigenvalue weighted by Gasteiger charge is 2.15. The molecule has 0 aromatic carbocycles. The first-order valence-corrected chi connectivity index (χ1v) is 7.60. The molecule has 0 bridgehead atoms. The molecule has 2 heterocycles. The lowest BCUT2D eigenvalue weighted by molar-refractivity contribution is 0.634. The number of thiazole rings is 1. The second-order valence-electron chi connectivity index (χ2n) is 5.06. The molecule has 0 spiro atoms. The van der Waals surface area contributed by atoms with E-state index < -0.39 is 0 Å². The zero-order chi connectivity index (χ0) is 13.8. The van der Waals surface area contributed by atoms with Crippen LogP contribution in [0.3, 0.4) is 0 Å². The molecule has 2 aromatic heterocycles. The average molecular weight is 275 g/mol. The van der Waals surface area contributed by atoms with E-state index in [0.717, 1.165) is 29.2 Å². The topological polar surface area (TPSA) is 51.8 Å². The molecule has 19 heavy (non-hydrogen) atoms. The first kappa shape index (κ1) is 14.2. The monoisotopic (exact) mass is 275 g/mol. The maximum Gasteiger partial charge on any atom is 0.142 e. The standard InChI is InChI=1S/C15H21N3S/c1-4-11-6-5-7-17-14(11)15-18-12(8-10(2)3)13(9-16)19-15/h5-7,10H,4,8-9,16H2,1-3H3. The first-order chi connectivity index (χ1) is 9.15. The average Bonchev–Trinajstić information content (AvgIpc) is 2.80. The summed E-state index contributed by atoms with van der Waals surface area (Å²) in [6.07, 6.45) is 3.79. The molecule has 0 atom stereocenters. The Kier molecular flexibility index (Phi) is 4.66. The number of nitrogens with zero attached hydrogens (tertiary/aromatic N) is 2. The fraction of sp³-hybridized carbons (Fsp3) is 0.467. The summed E-state index contributed by atoms with van der Waals surface area (Å²) >= 11 is 1.69. The molecule has 0 aliphatic heterocycles. The Hall–Kier alpha value is -1.26. The lowest BCUT2D eigenvalue weighted by atomic mass is 10.1. The van der Waals surface area contributed by atoms with Crippen LogP contribution in [-0.2, 0) is 19.4 Å². The summed E-state index contributed by atoms with van der Waals surface area (Å²) in [6.45, 7) is 7.12. The highest BCUT2D eigenvalue weighted by atomic mass is 32.1. The number of aryl methyl sites for hydroxylation is 1. The summed E-state index contributed by atoms with van der Waals surface area (Å²) in [7, 11) is 0. The minimum absolute atomic E-state index is 0.564. The van der Waals surface area contributed by atoms with Crippen molar-refractivity contribution >= 4 is 11.3 Å². The van der Waals surface area contributed by atoms with Crippen molar-refractivity contribution in [1.29, 1.82) is 0 Å². The highest BCUT2D eigenvalue weighted by molar-refractivity contribution is 7.15. The third-order valence-corrected chi connectivity index (χ3v) is 4.17. The quantitative estimate of drug-likeness (QED) is 0.909. The molecule has 102 valence electrons. The molecule has 2 N–H and O–H groups in total. The van der Waals surface area contributed by atoms with E-state index in [1.54, 1.807) is 11.3 Å². The van der Waals surface area contributed by atoms with Gasteiger partial charge < -0.3 is 5.73 Å². The summed E-state index contributed by atoms with van der Waals surface area (Å²) in [5, 5.41) is 1.01. The summed E-state index contributed by atoms with van der Waals surface area (Å²) in [5.41, 5.74) is 9.24. The van der Waals surface area contributed by atoms with Crippen LogP contribution in [0.5, 0.6) is 0 Å². The molecular weight excluding hydrogens is 254 g/mol. The van der Waals surface area contributed by atoms with Gasteiger partial charge in [-0.1, -0.05) is 26.8 Å². The predicted octanol–water partition coefficient (Wildman–Crippen LogP) is 3.42. The second kappa shape index (κ2) is 6.26. The fourth-order valence-electron chi connectivity index (χ4n) is 2.11. The molecule has 0 amide bonds. The van der Waals surface area contributed by atoms with Gasteiger partial charge in [-0.05, 0) is 30.4 Å². The molecule has 0 saturated heterocycles. The van der Waals surface area contributed by atoms with Crippen LogP contribution in [0.15, 0.2) is 18.3 Å². The van der Waals surface area contributed by atoms with Gasteiger partial charge in [-0.25, -0.2) is 4.98 Å². The minimum Gasteiger partial charge on any atom is -0.326 e. The molecule has 0 unspecified atom stereocenters. The third kappa shape index (κ3) is 3.19. The molecule has 0 fully saturated rings. The number of aromatic nitrogens is 2. The van der Waals surface area contributed by atoms with Crippen LogP contribution in [0.2, 0.25) is 0 Å². The summed E-state index contributed by atoms with van der Waals surface area (Å²) < 4.78 is 0. The molecule has 2 rings (SSSR count). The number of nitrogens with two attached hydrogens (primary N) is 1. The van der Waals surface area contributed by atoms with Crippen molar-refractivity contribution in [2.75, 3.05) is 0 Å². The van der Waals surface area contributed by atoms with Crippen LogP contribution in [0.1, 0.15) is 36.9 Å². The number of pyridine rings is 1. The van der Waals surface area contributed by atoms with Crippen molar-refractivity contribution in [2.24, 2.45) is 11.7 Å². The van der Waals surface area contributed by atoms with Crippen LogP contribution in [0.4, 0.5) is 0 Å². The number of rotatable bonds is 5. The van der Waals surface area contributed by atoms with Gasteiger partial charge in [-0.15, -0.1) is 11.3 Å². The van der Waals surface area contributed by atoms with Gasteiger partial charge in [-0.2, -0.15) is 0 Å². The van der Waals surface area contributed by atoms with Crippen molar-refractivity contribution in [3.8, 4) is 10.7 Å². The zero-order valence-corrected chi connectivity index (χ0v) is 12.6.